The summed E-state index contributed by atoms with van der Waals surface area (Å²) in [7, 11) is 0. The Morgan fingerprint density at radius 2 is 1.95 bits per heavy atom. The number of aromatic nitrogens is 1. The largest absolute Gasteiger partial charge is 0.431 e. The number of nitrogen functional groups attached to an aromatic ring is 1. The van der Waals surface area contributed by atoms with Crippen LogP contribution in [0, 0.1) is 0 Å². The number of thioether (sulfide) groups is 1. The number of fused-ring (bicyclic) bond motifs is 1. The van der Waals surface area contributed by atoms with Gasteiger partial charge in [0.1, 0.15) is 5.52 Å². The van der Waals surface area contributed by atoms with Crippen molar-refractivity contribution in [3.8, 4) is 0 Å². The molecular weight excluding hydrogens is 286 g/mol. The maximum atomic E-state index is 11.0. The van der Waals surface area contributed by atoms with Gasteiger partial charge in [-0.15, -0.1) is 0 Å². The number of anilines is 1. The molecule has 0 aliphatic rings. The van der Waals surface area contributed by atoms with Crippen LogP contribution < -0.4 is 11.5 Å². The molecule has 1 heterocycles. The molecule has 0 spiro atoms. The van der Waals surface area contributed by atoms with Crippen molar-refractivity contribution < 1.29 is 9.21 Å². The molecule has 0 bridgehead atoms. The minimum atomic E-state index is -0.425. The normalized spacial score (nSPS) is 10.9. The van der Waals surface area contributed by atoms with E-state index in [1.165, 1.54) is 11.8 Å². The number of hydrogen-bond acceptors (Lipinski definition) is 5. The fourth-order valence-corrected chi connectivity index (χ4v) is 2.69. The highest BCUT2D eigenvalue weighted by Crippen LogP contribution is 2.27. The number of benzene rings is 2. The van der Waals surface area contributed by atoms with Gasteiger partial charge in [0.15, 0.2) is 5.58 Å². The summed E-state index contributed by atoms with van der Waals surface area (Å²) in [6.07, 6.45) is 0. The molecule has 5 nitrogen and oxygen atoms in total. The van der Waals surface area contributed by atoms with Crippen LogP contribution in [0.3, 0.4) is 0 Å². The van der Waals surface area contributed by atoms with Crippen LogP contribution in [0.15, 0.2) is 52.1 Å². The van der Waals surface area contributed by atoms with Crippen molar-refractivity contribution in [1.82, 2.24) is 4.98 Å². The fourth-order valence-electron chi connectivity index (χ4n) is 1.90. The Morgan fingerprint density at radius 1 is 1.19 bits per heavy atom. The van der Waals surface area contributed by atoms with E-state index in [9.17, 15) is 4.79 Å². The van der Waals surface area contributed by atoms with Crippen LogP contribution >= 0.6 is 11.8 Å². The molecule has 1 amide bonds. The van der Waals surface area contributed by atoms with Crippen molar-refractivity contribution in [2.45, 2.75) is 11.0 Å². The second-order valence-corrected chi connectivity index (χ2v) is 5.48. The van der Waals surface area contributed by atoms with Crippen molar-refractivity contribution >= 4 is 34.5 Å². The van der Waals surface area contributed by atoms with E-state index in [1.54, 1.807) is 24.3 Å². The van der Waals surface area contributed by atoms with Gasteiger partial charge in [-0.05, 0) is 35.9 Å². The highest BCUT2D eigenvalue weighted by atomic mass is 32.2. The van der Waals surface area contributed by atoms with Gasteiger partial charge < -0.3 is 15.9 Å². The number of primary amides is 1. The monoisotopic (exact) mass is 299 g/mol. The summed E-state index contributed by atoms with van der Waals surface area (Å²) < 4.78 is 5.63. The van der Waals surface area contributed by atoms with Crippen LogP contribution in [0.5, 0.6) is 0 Å². The first-order chi connectivity index (χ1) is 10.1. The van der Waals surface area contributed by atoms with Gasteiger partial charge in [0.05, 0.1) is 0 Å². The van der Waals surface area contributed by atoms with Gasteiger partial charge in [-0.25, -0.2) is 4.98 Å². The molecule has 3 aromatic rings. The number of nitrogens with two attached hydrogens (primary N) is 2. The minimum absolute atomic E-state index is 0.425. The van der Waals surface area contributed by atoms with Gasteiger partial charge in [0, 0.05) is 17.0 Å². The lowest BCUT2D eigenvalue weighted by atomic mass is 10.1. The minimum Gasteiger partial charge on any atom is -0.431 e. The lowest BCUT2D eigenvalue weighted by Crippen LogP contribution is -2.10. The number of nitrogens with zero attached hydrogens (tertiary/aromatic N) is 1. The summed E-state index contributed by atoms with van der Waals surface area (Å²) in [5.41, 5.74) is 14.6. The Bertz CT molecular complexity index is 796. The van der Waals surface area contributed by atoms with E-state index in [4.69, 9.17) is 15.9 Å². The SMILES string of the molecule is NC(=O)c1ccc(CSc2nc3cc(N)ccc3o2)cc1. The first kappa shape index (κ1) is 13.5. The molecule has 0 unspecified atom stereocenters. The molecule has 6 heteroatoms. The Kier molecular flexibility index (Phi) is 3.53. The number of carbonyl (C=O) groups is 1. The molecule has 0 fully saturated rings. The Hall–Kier alpha value is -2.47. The van der Waals surface area contributed by atoms with Crippen LogP contribution in [0.4, 0.5) is 5.69 Å². The molecule has 2 aromatic carbocycles. The summed E-state index contributed by atoms with van der Waals surface area (Å²) in [5, 5.41) is 0.592. The zero-order chi connectivity index (χ0) is 14.8. The second-order valence-electron chi connectivity index (χ2n) is 4.56. The molecule has 0 aliphatic heterocycles. The third-order valence-corrected chi connectivity index (χ3v) is 3.89. The van der Waals surface area contributed by atoms with Gasteiger partial charge in [0.25, 0.3) is 5.22 Å². The van der Waals surface area contributed by atoms with Crippen molar-refractivity contribution in [2.24, 2.45) is 5.73 Å². The Morgan fingerprint density at radius 3 is 2.67 bits per heavy atom. The highest BCUT2D eigenvalue weighted by molar-refractivity contribution is 7.98. The summed E-state index contributed by atoms with van der Waals surface area (Å²) in [6, 6.07) is 12.5. The van der Waals surface area contributed by atoms with E-state index in [0.717, 1.165) is 16.7 Å². The van der Waals surface area contributed by atoms with Crippen molar-refractivity contribution in [1.29, 1.82) is 0 Å². The van der Waals surface area contributed by atoms with Crippen LogP contribution in [-0.4, -0.2) is 10.9 Å². The number of hydrogen-bond donors (Lipinski definition) is 2. The summed E-state index contributed by atoms with van der Waals surface area (Å²) in [6.45, 7) is 0. The Labute approximate surface area is 125 Å². The molecule has 0 radical (unpaired) electrons. The molecule has 0 saturated heterocycles. The zero-order valence-electron chi connectivity index (χ0n) is 11.1. The van der Waals surface area contributed by atoms with Crippen LogP contribution in [-0.2, 0) is 5.75 Å². The maximum absolute atomic E-state index is 11.0. The van der Waals surface area contributed by atoms with Gasteiger partial charge in [-0.1, -0.05) is 23.9 Å². The fraction of sp³-hybridized carbons (Fsp3) is 0.0667. The standard InChI is InChI=1S/C15H13N3O2S/c16-11-5-6-13-12(7-11)18-15(20-13)21-8-9-1-3-10(4-2-9)14(17)19/h1-7H,8,16H2,(H2,17,19). The van der Waals surface area contributed by atoms with E-state index in [1.807, 2.05) is 18.2 Å². The van der Waals surface area contributed by atoms with E-state index in [-0.39, 0.29) is 0 Å². The second kappa shape index (κ2) is 5.49. The zero-order valence-corrected chi connectivity index (χ0v) is 11.9. The lowest BCUT2D eigenvalue weighted by molar-refractivity contribution is 0.100. The predicted molar refractivity (Wildman–Crippen MR) is 82.9 cm³/mol. The van der Waals surface area contributed by atoms with Crippen LogP contribution in [0.25, 0.3) is 11.1 Å². The number of oxazole rings is 1. The molecule has 0 atom stereocenters. The van der Waals surface area contributed by atoms with E-state index in [0.29, 0.717) is 22.2 Å². The summed E-state index contributed by atoms with van der Waals surface area (Å²) in [4.78, 5) is 15.4. The maximum Gasteiger partial charge on any atom is 0.257 e. The number of rotatable bonds is 4. The Balaban J connectivity index is 1.72. The molecule has 4 N–H and O–H groups in total. The number of amides is 1. The molecule has 3 rings (SSSR count). The quantitative estimate of drug-likeness (QED) is 0.570. The van der Waals surface area contributed by atoms with E-state index >= 15 is 0 Å². The molecule has 0 aliphatic carbocycles. The van der Waals surface area contributed by atoms with Crippen molar-refractivity contribution in [3.05, 3.63) is 53.6 Å². The average molecular weight is 299 g/mol. The lowest BCUT2D eigenvalue weighted by Gasteiger charge is -2.00. The van der Waals surface area contributed by atoms with E-state index < -0.39 is 5.91 Å². The summed E-state index contributed by atoms with van der Waals surface area (Å²) in [5.74, 6) is 0.271. The van der Waals surface area contributed by atoms with Crippen molar-refractivity contribution in [3.63, 3.8) is 0 Å². The van der Waals surface area contributed by atoms with Gasteiger partial charge in [-0.3, -0.25) is 4.79 Å². The van der Waals surface area contributed by atoms with Gasteiger partial charge in [0.2, 0.25) is 5.91 Å². The van der Waals surface area contributed by atoms with Gasteiger partial charge in [-0.2, -0.15) is 0 Å². The topological polar surface area (TPSA) is 95.1 Å². The third-order valence-electron chi connectivity index (χ3n) is 2.99. The van der Waals surface area contributed by atoms with Gasteiger partial charge >= 0.3 is 0 Å². The van der Waals surface area contributed by atoms with Crippen LogP contribution in [0.2, 0.25) is 0 Å². The predicted octanol–water partition coefficient (Wildman–Crippen LogP) is 2.80. The number of carbonyl (C=O) groups excluding carboxylic acids is 1. The van der Waals surface area contributed by atoms with Crippen molar-refractivity contribution in [2.75, 3.05) is 5.73 Å². The molecule has 106 valence electrons. The first-order valence-corrected chi connectivity index (χ1v) is 7.28. The first-order valence-electron chi connectivity index (χ1n) is 6.29. The molecule has 0 saturated carbocycles. The third kappa shape index (κ3) is 3.00. The molecular formula is C15H13N3O2S. The average Bonchev–Trinajstić information content (AvgIpc) is 2.87. The van der Waals surface area contributed by atoms with Crippen LogP contribution in [0.1, 0.15) is 15.9 Å². The van der Waals surface area contributed by atoms with E-state index in [2.05, 4.69) is 4.98 Å². The highest BCUT2D eigenvalue weighted by Gasteiger charge is 2.07. The summed E-state index contributed by atoms with van der Waals surface area (Å²) >= 11 is 1.48. The molecule has 21 heavy (non-hydrogen) atoms. The smallest absolute Gasteiger partial charge is 0.257 e. The molecule has 1 aromatic heterocycles.